The number of unbranched alkanes of at least 4 members (excludes halogenated alkanes) is 3. The number of nitrogens with one attached hydrogen (secondary N) is 1. The first-order valence-electron chi connectivity index (χ1n) is 10.1. The van der Waals surface area contributed by atoms with Gasteiger partial charge in [-0.1, -0.05) is 44.1 Å². The summed E-state index contributed by atoms with van der Waals surface area (Å²) in [6, 6.07) is 0. The van der Waals surface area contributed by atoms with E-state index >= 15 is 0 Å². The molecule has 11 heteroatoms. The fourth-order valence-corrected chi connectivity index (χ4v) is 3.05. The molecule has 0 rings (SSSR count). The van der Waals surface area contributed by atoms with E-state index in [1.54, 1.807) is 0 Å². The molecule has 0 aliphatic rings. The second-order valence-corrected chi connectivity index (χ2v) is 8.30. The molecule has 0 aromatic heterocycles. The predicted octanol–water partition coefficient (Wildman–Crippen LogP) is -6.55. The van der Waals surface area contributed by atoms with Gasteiger partial charge in [0.15, 0.2) is 0 Å². The predicted molar refractivity (Wildman–Crippen MR) is 111 cm³/mol. The molecule has 1 amide bonds. The van der Waals surface area contributed by atoms with Gasteiger partial charge >= 0.3 is 37.8 Å². The molecule has 178 valence electrons. The second-order valence-electron chi connectivity index (χ2n) is 7.60. The van der Waals surface area contributed by atoms with Gasteiger partial charge in [-0.2, -0.15) is 0 Å². The van der Waals surface area contributed by atoms with E-state index in [-0.39, 0.29) is 66.9 Å². The van der Waals surface area contributed by atoms with Crippen molar-refractivity contribution in [3.05, 3.63) is 24.3 Å². The molecule has 31 heavy (non-hydrogen) atoms. The van der Waals surface area contributed by atoms with E-state index in [9.17, 15) is 19.4 Å². The summed E-state index contributed by atoms with van der Waals surface area (Å²) in [5, 5.41) is 12.7. The van der Waals surface area contributed by atoms with E-state index in [1.807, 2.05) is 26.2 Å². The Morgan fingerprint density at radius 1 is 1.16 bits per heavy atom. The summed E-state index contributed by atoms with van der Waals surface area (Å²) >= 11 is 0. The molecule has 0 saturated heterocycles. The third kappa shape index (κ3) is 28.4. The Bertz CT molecular complexity index is 512. The molecular weight excluding hydrogens is 473 g/mol. The summed E-state index contributed by atoms with van der Waals surface area (Å²) in [4.78, 5) is 22.2. The summed E-state index contributed by atoms with van der Waals surface area (Å²) in [5.74, 6) is 0.00108. The number of quaternary nitrogens is 1. The van der Waals surface area contributed by atoms with Crippen molar-refractivity contribution >= 4 is 14.2 Å². The number of hydrogen-bond acceptors (Lipinski definition) is 5. The van der Waals surface area contributed by atoms with Crippen molar-refractivity contribution < 1.29 is 82.7 Å². The molecule has 0 aromatic carbocycles. The van der Waals surface area contributed by atoms with Gasteiger partial charge in [0.2, 0.25) is 5.91 Å². The number of hydrogen-bond donors (Lipinski definition) is 2. The van der Waals surface area contributed by atoms with Crippen molar-refractivity contribution in [2.45, 2.75) is 58.0 Å². The van der Waals surface area contributed by atoms with E-state index in [2.05, 4.69) is 28.9 Å². The zero-order valence-corrected chi connectivity index (χ0v) is 23.8. The van der Waals surface area contributed by atoms with Crippen LogP contribution in [0.15, 0.2) is 24.3 Å². The summed E-state index contributed by atoms with van der Waals surface area (Å²) in [5.41, 5.74) is 0. The molecule has 0 spiro atoms. The van der Waals surface area contributed by atoms with Crippen LogP contribution >= 0.6 is 8.25 Å². The smallest absolute Gasteiger partial charge is 1.00 e. The van der Waals surface area contributed by atoms with E-state index in [0.29, 0.717) is 24.0 Å². The third-order valence-electron chi connectivity index (χ3n) is 4.22. The van der Waals surface area contributed by atoms with Crippen LogP contribution < -0.4 is 64.6 Å². The van der Waals surface area contributed by atoms with Crippen molar-refractivity contribution in [2.75, 3.05) is 40.3 Å². The maximum Gasteiger partial charge on any atom is 1.00 e. The van der Waals surface area contributed by atoms with Crippen LogP contribution in [0.1, 0.15) is 51.9 Å². The Labute approximate surface area is 223 Å². The van der Waals surface area contributed by atoms with E-state index in [4.69, 9.17) is 0 Å². The molecule has 0 aliphatic carbocycles. The molecule has 0 bridgehead atoms. The molecule has 2 N–H and O–H groups in total. The topological polar surface area (TPSA) is 98.7 Å². The van der Waals surface area contributed by atoms with Gasteiger partial charge in [0.05, 0.1) is 20.6 Å². The average Bonchev–Trinajstić information content (AvgIpc) is 2.62. The summed E-state index contributed by atoms with van der Waals surface area (Å²) < 4.78 is 15.3. The van der Waals surface area contributed by atoms with Crippen LogP contribution in [0, 0.1) is 0 Å². The number of likely N-dealkylation sites (N-methyl/N-ethyl adjacent to an activating group) is 1. The molecule has 0 radical (unpaired) electrons. The Kier molecular flexibility index (Phi) is 31.3. The maximum atomic E-state index is 11.8. The van der Waals surface area contributed by atoms with Gasteiger partial charge in [-0.3, -0.25) is 4.79 Å². The van der Waals surface area contributed by atoms with Gasteiger partial charge in [0.25, 0.3) is 0 Å². The summed E-state index contributed by atoms with van der Waals surface area (Å²) in [6.07, 6.45) is 14.3. The van der Waals surface area contributed by atoms with Gasteiger partial charge in [-0.05, 0) is 23.8 Å². The minimum Gasteiger partial charge on any atom is -1.00 e. The first-order chi connectivity index (χ1) is 13.3. The summed E-state index contributed by atoms with van der Waals surface area (Å²) in [7, 11) is 0.959. The first-order valence-corrected chi connectivity index (χ1v) is 11.2. The number of aliphatic hydroxyl groups is 1. The molecule has 0 saturated carbocycles. The monoisotopic (exact) mass is 510 g/mol. The van der Waals surface area contributed by atoms with Gasteiger partial charge in [0.1, 0.15) is 19.3 Å². The normalized spacial score (nSPS) is 12.6. The number of aliphatic hydroxyl groups excluding tert-OH is 1. The number of carbonyl (C=O) groups is 1. The summed E-state index contributed by atoms with van der Waals surface area (Å²) in [6.45, 7) is 3.68. The standard InChI is InChI=1S/C20H37N2O5P.2ClH.Na/c1-4-5-6-7-8-9-10-11-12-14-20(24)21-15-13-16-22(2,3)17-19(23)18-27-28(25)26;;;/h8-9,11-12,19,23H,4-7,10,13-18H2,1-3H3;2*1H;/q;;;+1/p-1. The second kappa shape index (κ2) is 25.1. The Morgan fingerprint density at radius 2 is 1.81 bits per heavy atom. The molecule has 0 fully saturated rings. The fourth-order valence-electron chi connectivity index (χ4n) is 2.76. The van der Waals surface area contributed by atoms with Gasteiger partial charge < -0.3 is 44.6 Å². The minimum absolute atomic E-state index is 0. The number of carbonyl (C=O) groups excluding carboxylic acids is 1. The van der Waals surface area contributed by atoms with Crippen LogP contribution in [0.5, 0.6) is 0 Å². The molecule has 0 aliphatic heterocycles. The van der Waals surface area contributed by atoms with Crippen molar-refractivity contribution in [3.8, 4) is 0 Å². The number of rotatable bonds is 17. The van der Waals surface area contributed by atoms with Crippen LogP contribution in [0.25, 0.3) is 0 Å². The van der Waals surface area contributed by atoms with E-state index in [0.717, 1.165) is 25.8 Å². The largest absolute Gasteiger partial charge is 1.00 e. The van der Waals surface area contributed by atoms with Crippen LogP contribution in [0.2, 0.25) is 0 Å². The Morgan fingerprint density at radius 3 is 2.42 bits per heavy atom. The molecular formula is C20H38Cl2N2NaO5P. The van der Waals surface area contributed by atoms with Crippen LogP contribution in [-0.4, -0.2) is 61.9 Å². The fraction of sp³-hybridized carbons (Fsp3) is 0.750. The number of allylic oxidation sites excluding steroid dienone is 3. The van der Waals surface area contributed by atoms with Crippen LogP contribution in [0.3, 0.4) is 0 Å². The van der Waals surface area contributed by atoms with Crippen molar-refractivity contribution in [1.82, 2.24) is 5.32 Å². The quantitative estimate of drug-likeness (QED) is 0.0666. The number of halogens is 2. The van der Waals surface area contributed by atoms with E-state index < -0.39 is 14.4 Å². The number of amides is 1. The molecule has 2 atom stereocenters. The van der Waals surface area contributed by atoms with Gasteiger partial charge in [-0.25, -0.2) is 0 Å². The molecule has 7 nitrogen and oxygen atoms in total. The van der Waals surface area contributed by atoms with Crippen LogP contribution in [-0.2, 0) is 13.9 Å². The molecule has 0 aromatic rings. The van der Waals surface area contributed by atoms with E-state index in [1.165, 1.54) is 19.3 Å². The molecule has 2 unspecified atom stereocenters. The van der Waals surface area contributed by atoms with Crippen LogP contribution in [0.4, 0.5) is 0 Å². The zero-order chi connectivity index (χ0) is 21.3. The first kappa shape index (κ1) is 38.7. The minimum atomic E-state index is -2.93. The van der Waals surface area contributed by atoms with Gasteiger partial charge in [-0.15, -0.1) is 4.52 Å². The average molecular weight is 511 g/mol. The Balaban J connectivity index is -0.00000121. The van der Waals surface area contributed by atoms with Crippen molar-refractivity contribution in [2.24, 2.45) is 0 Å². The number of nitrogens with zero attached hydrogens (tertiary/aromatic N) is 1. The van der Waals surface area contributed by atoms with Crippen molar-refractivity contribution in [3.63, 3.8) is 0 Å². The Hall–Kier alpha value is 0.470. The van der Waals surface area contributed by atoms with Gasteiger partial charge in [0, 0.05) is 19.4 Å². The third-order valence-corrected chi connectivity index (χ3v) is 4.58. The SMILES string of the molecule is CCCCCC=CCC=CCC(=O)NCCC[N+](C)(C)CC(O)CO[P+](=O)[O-].[Cl-].[Cl-].[Na+]. The van der Waals surface area contributed by atoms with Crippen molar-refractivity contribution in [1.29, 1.82) is 0 Å². The molecule has 0 heterocycles. The maximum absolute atomic E-state index is 11.8. The zero-order valence-electron chi connectivity index (χ0n) is 19.4.